The molecule has 21 heavy (non-hydrogen) atoms. The van der Waals surface area contributed by atoms with Crippen LogP contribution in [0.5, 0.6) is 5.75 Å². The van der Waals surface area contributed by atoms with Crippen LogP contribution in [-0.4, -0.2) is 31.4 Å². The number of rotatable bonds is 10. The fraction of sp³-hybridized carbons (Fsp3) is 0.667. The monoisotopic (exact) mass is 293 g/mol. The molecule has 3 nitrogen and oxygen atoms in total. The predicted octanol–water partition coefficient (Wildman–Crippen LogP) is 4.39. The van der Waals surface area contributed by atoms with Crippen LogP contribution in [0, 0.1) is 11.8 Å². The first-order chi connectivity index (χ1) is 9.99. The van der Waals surface area contributed by atoms with E-state index in [0.29, 0.717) is 31.1 Å². The first-order valence-corrected chi connectivity index (χ1v) is 8.02. The molecule has 1 rings (SSSR count). The fourth-order valence-electron chi connectivity index (χ4n) is 2.44. The van der Waals surface area contributed by atoms with Gasteiger partial charge in [0.2, 0.25) is 0 Å². The number of ether oxygens (including phenoxy) is 1. The standard InChI is InChI=1S/C18H31NO2/c1-15(2)13-17(14-16(3)4)19(5)21-12-11-20-18-9-7-6-8-10-18/h6-10,15-17H,11-14H2,1-5H3. The van der Waals surface area contributed by atoms with Gasteiger partial charge in [-0.15, -0.1) is 0 Å². The van der Waals surface area contributed by atoms with Gasteiger partial charge >= 0.3 is 0 Å². The number of hydrogen-bond acceptors (Lipinski definition) is 3. The van der Waals surface area contributed by atoms with Crippen LogP contribution in [0.15, 0.2) is 30.3 Å². The molecule has 3 heteroatoms. The zero-order chi connectivity index (χ0) is 15.7. The SMILES string of the molecule is CC(C)CC(CC(C)C)N(C)OCCOc1ccccc1. The van der Waals surface area contributed by atoms with Gasteiger partial charge in [-0.05, 0) is 36.8 Å². The van der Waals surface area contributed by atoms with Crippen molar-refractivity contribution in [1.82, 2.24) is 5.06 Å². The molecule has 0 aliphatic carbocycles. The van der Waals surface area contributed by atoms with Gasteiger partial charge in [-0.3, -0.25) is 4.84 Å². The predicted molar refractivity (Wildman–Crippen MR) is 88.4 cm³/mol. The Morgan fingerprint density at radius 1 is 0.905 bits per heavy atom. The normalized spacial score (nSPS) is 11.9. The summed E-state index contributed by atoms with van der Waals surface area (Å²) in [6.45, 7) is 10.2. The van der Waals surface area contributed by atoms with Crippen LogP contribution in [0.4, 0.5) is 0 Å². The van der Waals surface area contributed by atoms with Gasteiger partial charge in [-0.25, -0.2) is 0 Å². The van der Waals surface area contributed by atoms with Gasteiger partial charge < -0.3 is 4.74 Å². The van der Waals surface area contributed by atoms with Crippen molar-refractivity contribution in [3.05, 3.63) is 30.3 Å². The van der Waals surface area contributed by atoms with Crippen LogP contribution in [0.2, 0.25) is 0 Å². The lowest BCUT2D eigenvalue weighted by Gasteiger charge is -2.30. The first kappa shape index (κ1) is 18.0. The van der Waals surface area contributed by atoms with Gasteiger partial charge in [0.15, 0.2) is 0 Å². The van der Waals surface area contributed by atoms with Crippen molar-refractivity contribution >= 4 is 0 Å². The van der Waals surface area contributed by atoms with Crippen LogP contribution in [0.1, 0.15) is 40.5 Å². The summed E-state index contributed by atoms with van der Waals surface area (Å²) in [5, 5.41) is 2.02. The van der Waals surface area contributed by atoms with E-state index in [1.165, 1.54) is 0 Å². The Morgan fingerprint density at radius 3 is 2.00 bits per heavy atom. The molecule has 0 fully saturated rings. The highest BCUT2D eigenvalue weighted by molar-refractivity contribution is 5.20. The molecule has 0 N–H and O–H groups in total. The second-order valence-corrected chi connectivity index (χ2v) is 6.45. The number of benzene rings is 1. The minimum atomic E-state index is 0.474. The number of hydroxylamine groups is 2. The van der Waals surface area contributed by atoms with Gasteiger partial charge in [0, 0.05) is 13.1 Å². The van der Waals surface area contributed by atoms with Crippen molar-refractivity contribution in [3.63, 3.8) is 0 Å². The van der Waals surface area contributed by atoms with Crippen LogP contribution in [-0.2, 0) is 4.84 Å². The first-order valence-electron chi connectivity index (χ1n) is 8.02. The third kappa shape index (κ3) is 8.08. The Labute approximate surface area is 130 Å². The van der Waals surface area contributed by atoms with Crippen molar-refractivity contribution in [3.8, 4) is 5.75 Å². The van der Waals surface area contributed by atoms with E-state index in [1.54, 1.807) is 0 Å². The van der Waals surface area contributed by atoms with Crippen molar-refractivity contribution in [1.29, 1.82) is 0 Å². The molecule has 0 aliphatic heterocycles. The molecule has 0 aliphatic rings. The molecular formula is C18H31NO2. The summed E-state index contributed by atoms with van der Waals surface area (Å²) in [7, 11) is 2.04. The Balaban J connectivity index is 2.30. The molecule has 0 unspecified atom stereocenters. The summed E-state index contributed by atoms with van der Waals surface area (Å²) in [5.74, 6) is 2.26. The maximum atomic E-state index is 5.84. The molecule has 0 bridgehead atoms. The van der Waals surface area contributed by atoms with Gasteiger partial charge in [-0.2, -0.15) is 5.06 Å². The van der Waals surface area contributed by atoms with Crippen LogP contribution < -0.4 is 4.74 Å². The zero-order valence-corrected chi connectivity index (χ0v) is 14.2. The number of hydrogen-bond donors (Lipinski definition) is 0. The van der Waals surface area contributed by atoms with E-state index in [4.69, 9.17) is 9.57 Å². The molecule has 1 aromatic carbocycles. The molecule has 0 spiro atoms. The molecule has 0 heterocycles. The van der Waals surface area contributed by atoms with Crippen molar-refractivity contribution < 1.29 is 9.57 Å². The maximum absolute atomic E-state index is 5.84. The number of para-hydroxylation sites is 1. The summed E-state index contributed by atoms with van der Waals surface area (Å²) in [6, 6.07) is 10.3. The average Bonchev–Trinajstić information content (AvgIpc) is 2.43. The highest BCUT2D eigenvalue weighted by Gasteiger charge is 2.18. The molecule has 0 aromatic heterocycles. The lowest BCUT2D eigenvalue weighted by atomic mass is 9.96. The van der Waals surface area contributed by atoms with Gasteiger partial charge in [-0.1, -0.05) is 45.9 Å². The fourth-order valence-corrected chi connectivity index (χ4v) is 2.44. The minimum absolute atomic E-state index is 0.474. The van der Waals surface area contributed by atoms with Crippen LogP contribution in [0.3, 0.4) is 0 Å². The second-order valence-electron chi connectivity index (χ2n) is 6.45. The van der Waals surface area contributed by atoms with E-state index in [0.717, 1.165) is 18.6 Å². The summed E-state index contributed by atoms with van der Waals surface area (Å²) < 4.78 is 5.65. The van der Waals surface area contributed by atoms with Gasteiger partial charge in [0.25, 0.3) is 0 Å². The van der Waals surface area contributed by atoms with E-state index in [9.17, 15) is 0 Å². The third-order valence-electron chi connectivity index (χ3n) is 3.39. The van der Waals surface area contributed by atoms with Crippen LogP contribution in [0.25, 0.3) is 0 Å². The smallest absolute Gasteiger partial charge is 0.119 e. The Kier molecular flexibility index (Phi) is 8.40. The van der Waals surface area contributed by atoms with E-state index in [-0.39, 0.29) is 0 Å². The van der Waals surface area contributed by atoms with E-state index < -0.39 is 0 Å². The largest absolute Gasteiger partial charge is 0.491 e. The lowest BCUT2D eigenvalue weighted by molar-refractivity contribution is -0.178. The molecule has 0 saturated heterocycles. The Hall–Kier alpha value is -1.06. The van der Waals surface area contributed by atoms with Gasteiger partial charge in [0.05, 0.1) is 0 Å². The summed E-state index contributed by atoms with van der Waals surface area (Å²) in [5.41, 5.74) is 0. The van der Waals surface area contributed by atoms with E-state index in [1.807, 2.05) is 42.4 Å². The van der Waals surface area contributed by atoms with Gasteiger partial charge in [0.1, 0.15) is 19.0 Å². The molecule has 0 amide bonds. The second kappa shape index (κ2) is 9.80. The molecule has 0 radical (unpaired) electrons. The highest BCUT2D eigenvalue weighted by Crippen LogP contribution is 2.18. The molecule has 1 aromatic rings. The van der Waals surface area contributed by atoms with E-state index >= 15 is 0 Å². The molecule has 120 valence electrons. The maximum Gasteiger partial charge on any atom is 0.119 e. The third-order valence-corrected chi connectivity index (χ3v) is 3.39. The minimum Gasteiger partial charge on any atom is -0.491 e. The van der Waals surface area contributed by atoms with Crippen LogP contribution >= 0.6 is 0 Å². The summed E-state index contributed by atoms with van der Waals surface area (Å²) in [4.78, 5) is 5.84. The average molecular weight is 293 g/mol. The summed E-state index contributed by atoms with van der Waals surface area (Å²) in [6.07, 6.45) is 2.32. The van der Waals surface area contributed by atoms with Crippen molar-refractivity contribution in [2.45, 2.75) is 46.6 Å². The van der Waals surface area contributed by atoms with Crippen molar-refractivity contribution in [2.75, 3.05) is 20.3 Å². The highest BCUT2D eigenvalue weighted by atomic mass is 16.7. The molecule has 0 atom stereocenters. The topological polar surface area (TPSA) is 21.7 Å². The summed E-state index contributed by atoms with van der Waals surface area (Å²) >= 11 is 0. The molecule has 0 saturated carbocycles. The lowest BCUT2D eigenvalue weighted by Crippen LogP contribution is -2.35. The quantitative estimate of drug-likeness (QED) is 0.472. The van der Waals surface area contributed by atoms with E-state index in [2.05, 4.69) is 27.7 Å². The Bertz CT molecular complexity index is 355. The number of nitrogens with zero attached hydrogens (tertiary/aromatic N) is 1. The van der Waals surface area contributed by atoms with Crippen molar-refractivity contribution in [2.24, 2.45) is 11.8 Å². The molecular weight excluding hydrogens is 262 g/mol. The zero-order valence-electron chi connectivity index (χ0n) is 14.2. The Morgan fingerprint density at radius 2 is 1.48 bits per heavy atom.